The average molecular weight is 324 g/mol. The number of carbonyl (C=O) groups is 1. The maximum atomic E-state index is 11.7. The van der Waals surface area contributed by atoms with E-state index in [0.717, 1.165) is 6.08 Å². The Kier molecular flexibility index (Phi) is 7.33. The van der Waals surface area contributed by atoms with Crippen molar-refractivity contribution in [2.24, 2.45) is 0 Å². The predicted octanol–water partition coefficient (Wildman–Crippen LogP) is 5.49. The van der Waals surface area contributed by atoms with Crippen molar-refractivity contribution in [2.45, 2.75) is 19.3 Å². The molecule has 0 radical (unpaired) electrons. The maximum absolute atomic E-state index is 11.7. The van der Waals surface area contributed by atoms with Gasteiger partial charge in [0, 0.05) is 0 Å². The second kappa shape index (κ2) is 8.76. The van der Waals surface area contributed by atoms with E-state index in [9.17, 15) is 13.6 Å². The van der Waals surface area contributed by atoms with Gasteiger partial charge in [-0.05, 0) is 37.5 Å². The first-order valence-electron chi connectivity index (χ1n) is 5.89. The van der Waals surface area contributed by atoms with Crippen LogP contribution >= 0.6 is 23.2 Å². The van der Waals surface area contributed by atoms with Crippen molar-refractivity contribution in [3.05, 3.63) is 40.4 Å². The molecule has 1 amide bonds. The van der Waals surface area contributed by atoms with E-state index < -0.39 is 12.2 Å². The van der Waals surface area contributed by atoms with E-state index in [1.807, 2.05) is 0 Å². The minimum atomic E-state index is -1.70. The predicted molar refractivity (Wildman–Crippen MR) is 75.6 cm³/mol. The van der Waals surface area contributed by atoms with Crippen molar-refractivity contribution in [1.29, 1.82) is 0 Å². The highest BCUT2D eigenvalue weighted by Gasteiger charge is 2.09. The summed E-state index contributed by atoms with van der Waals surface area (Å²) < 4.78 is 28.3. The summed E-state index contributed by atoms with van der Waals surface area (Å²) in [5, 5.41) is 3.04. The van der Waals surface area contributed by atoms with E-state index in [0.29, 0.717) is 22.9 Å². The third-order valence-electron chi connectivity index (χ3n) is 2.32. The van der Waals surface area contributed by atoms with Gasteiger partial charge in [-0.25, -0.2) is 4.79 Å². The molecule has 0 aliphatic heterocycles. The number of hydrogen-bond donors (Lipinski definition) is 1. The van der Waals surface area contributed by atoms with Gasteiger partial charge in [-0.3, -0.25) is 5.32 Å². The summed E-state index contributed by atoms with van der Waals surface area (Å²) in [5.74, 6) is 0. The van der Waals surface area contributed by atoms with Gasteiger partial charge in [-0.1, -0.05) is 29.3 Å². The number of amides is 1. The molecule has 0 spiro atoms. The van der Waals surface area contributed by atoms with Gasteiger partial charge in [0.25, 0.3) is 6.08 Å². The summed E-state index contributed by atoms with van der Waals surface area (Å²) in [6.07, 6.45) is -0.290. The van der Waals surface area contributed by atoms with E-state index in [-0.39, 0.29) is 18.7 Å². The van der Waals surface area contributed by atoms with Crippen molar-refractivity contribution in [1.82, 2.24) is 0 Å². The number of allylic oxidation sites excluding steroid dienone is 1. The van der Waals surface area contributed by atoms with Gasteiger partial charge in [0.2, 0.25) is 0 Å². The summed E-state index contributed by atoms with van der Waals surface area (Å²) >= 11 is 11.7. The second-order valence-electron chi connectivity index (χ2n) is 3.85. The molecular weight excluding hydrogens is 311 g/mol. The zero-order valence-electron chi connectivity index (χ0n) is 10.5. The van der Waals surface area contributed by atoms with Crippen LogP contribution in [0.3, 0.4) is 0 Å². The second-order valence-corrected chi connectivity index (χ2v) is 4.66. The molecule has 0 fully saturated rings. The fourth-order valence-electron chi connectivity index (χ4n) is 1.38. The van der Waals surface area contributed by atoms with Gasteiger partial charge in [-0.2, -0.15) is 8.78 Å². The van der Waals surface area contributed by atoms with Crippen molar-refractivity contribution in [3.8, 4) is 0 Å². The molecular formula is C13H13Cl2F2NO2. The fraction of sp³-hybridized carbons (Fsp3) is 0.308. The minimum absolute atomic E-state index is 0.135. The summed E-state index contributed by atoms with van der Waals surface area (Å²) in [5.41, 5.74) is 0.281. The first-order valence-corrected chi connectivity index (χ1v) is 6.65. The lowest BCUT2D eigenvalue weighted by atomic mass is 10.2. The van der Waals surface area contributed by atoms with E-state index in [2.05, 4.69) is 5.32 Å². The van der Waals surface area contributed by atoms with Gasteiger partial charge in [0.05, 0.1) is 22.3 Å². The highest BCUT2D eigenvalue weighted by Crippen LogP contribution is 2.29. The largest absolute Gasteiger partial charge is 0.449 e. The highest BCUT2D eigenvalue weighted by molar-refractivity contribution is 6.39. The molecule has 0 saturated carbocycles. The zero-order valence-corrected chi connectivity index (χ0v) is 12.0. The lowest BCUT2D eigenvalue weighted by Crippen LogP contribution is -2.15. The molecule has 0 aromatic heterocycles. The summed E-state index contributed by atoms with van der Waals surface area (Å²) in [6.45, 7) is 0.135. The van der Waals surface area contributed by atoms with E-state index in [1.54, 1.807) is 18.2 Å². The molecule has 0 aliphatic carbocycles. The van der Waals surface area contributed by atoms with E-state index >= 15 is 0 Å². The number of benzene rings is 1. The van der Waals surface area contributed by atoms with E-state index in [1.165, 1.54) is 0 Å². The Morgan fingerprint density at radius 1 is 1.25 bits per heavy atom. The number of hydrogen-bond acceptors (Lipinski definition) is 2. The zero-order chi connectivity index (χ0) is 15.0. The van der Waals surface area contributed by atoms with Crippen molar-refractivity contribution in [3.63, 3.8) is 0 Å². The monoisotopic (exact) mass is 323 g/mol. The maximum Gasteiger partial charge on any atom is 0.411 e. The first-order chi connectivity index (χ1) is 9.50. The molecule has 7 heteroatoms. The van der Waals surface area contributed by atoms with Crippen LogP contribution in [0.15, 0.2) is 30.4 Å². The van der Waals surface area contributed by atoms with Gasteiger partial charge >= 0.3 is 6.09 Å². The van der Waals surface area contributed by atoms with Gasteiger partial charge in [0.15, 0.2) is 0 Å². The molecule has 1 aromatic carbocycles. The van der Waals surface area contributed by atoms with Gasteiger partial charge in [-0.15, -0.1) is 0 Å². The summed E-state index contributed by atoms with van der Waals surface area (Å²) in [6, 6.07) is 4.82. The third-order valence-corrected chi connectivity index (χ3v) is 2.95. The quantitative estimate of drug-likeness (QED) is 0.702. The number of anilines is 1. The summed E-state index contributed by atoms with van der Waals surface area (Å²) in [4.78, 5) is 11.5. The Balaban J connectivity index is 2.29. The van der Waals surface area contributed by atoms with Crippen LogP contribution in [0.5, 0.6) is 0 Å². The van der Waals surface area contributed by atoms with Crippen LogP contribution in [0.1, 0.15) is 19.3 Å². The number of nitrogens with one attached hydrogen (secondary N) is 1. The molecule has 0 aliphatic rings. The summed E-state index contributed by atoms with van der Waals surface area (Å²) in [7, 11) is 0. The number of ether oxygens (including phenoxy) is 1. The van der Waals surface area contributed by atoms with Crippen LogP contribution < -0.4 is 5.32 Å². The smallest absolute Gasteiger partial charge is 0.411 e. The molecule has 1 rings (SSSR count). The van der Waals surface area contributed by atoms with Crippen LogP contribution in [0.4, 0.5) is 19.3 Å². The highest BCUT2D eigenvalue weighted by atomic mass is 35.5. The number of rotatable bonds is 6. The molecule has 20 heavy (non-hydrogen) atoms. The third kappa shape index (κ3) is 6.21. The molecule has 1 N–H and O–H groups in total. The topological polar surface area (TPSA) is 38.3 Å². The fourth-order valence-corrected chi connectivity index (χ4v) is 1.87. The van der Waals surface area contributed by atoms with Crippen LogP contribution in [0.2, 0.25) is 10.0 Å². The number of unbranched alkanes of at least 4 members (excludes halogenated alkanes) is 2. The van der Waals surface area contributed by atoms with Crippen molar-refractivity contribution in [2.75, 3.05) is 11.9 Å². The molecule has 0 unspecified atom stereocenters. The Hall–Kier alpha value is -1.33. The van der Waals surface area contributed by atoms with Gasteiger partial charge in [0.1, 0.15) is 0 Å². The first kappa shape index (κ1) is 16.7. The van der Waals surface area contributed by atoms with Crippen LogP contribution in [-0.2, 0) is 4.74 Å². The van der Waals surface area contributed by atoms with Crippen molar-refractivity contribution < 1.29 is 18.3 Å². The lowest BCUT2D eigenvalue weighted by molar-refractivity contribution is 0.159. The minimum Gasteiger partial charge on any atom is -0.449 e. The Morgan fingerprint density at radius 2 is 1.90 bits per heavy atom. The standard InChI is InChI=1S/C13H13Cl2F2NO2/c14-9-5-4-6-10(15)12(9)18-13(19)20-8-3-1-2-7-11(16)17/h4-7H,1-3,8H2,(H,18,19). The van der Waals surface area contributed by atoms with Crippen LogP contribution in [-0.4, -0.2) is 12.7 Å². The molecule has 0 heterocycles. The van der Waals surface area contributed by atoms with E-state index in [4.69, 9.17) is 27.9 Å². The number of para-hydroxylation sites is 1. The number of carbonyl (C=O) groups excluding carboxylic acids is 1. The Bertz CT molecular complexity index is 471. The molecule has 1 aromatic rings. The molecule has 3 nitrogen and oxygen atoms in total. The normalized spacial score (nSPS) is 10.0. The van der Waals surface area contributed by atoms with Crippen LogP contribution in [0.25, 0.3) is 0 Å². The molecule has 110 valence electrons. The Labute approximate surface area is 125 Å². The van der Waals surface area contributed by atoms with Gasteiger partial charge < -0.3 is 4.74 Å². The molecule has 0 saturated heterocycles. The molecule has 0 atom stereocenters. The van der Waals surface area contributed by atoms with Crippen LogP contribution in [0, 0.1) is 0 Å². The molecule has 0 bridgehead atoms. The SMILES string of the molecule is O=C(Nc1c(Cl)cccc1Cl)OCCCCC=C(F)F. The average Bonchev–Trinajstić information content (AvgIpc) is 2.38. The Morgan fingerprint density at radius 3 is 2.50 bits per heavy atom. The number of halogens is 4. The van der Waals surface area contributed by atoms with Crippen molar-refractivity contribution >= 4 is 35.0 Å². The lowest BCUT2D eigenvalue weighted by Gasteiger charge is -2.09.